The number of hydrogen-bond acceptors (Lipinski definition) is 2. The van der Waals surface area contributed by atoms with Crippen LogP contribution in [0.2, 0.25) is 5.02 Å². The molecular weight excluding hydrogens is 246 g/mol. The van der Waals surface area contributed by atoms with Crippen molar-refractivity contribution >= 4 is 11.6 Å². The second-order valence-electron chi connectivity index (χ2n) is 5.30. The minimum Gasteiger partial charge on any atom is -0.495 e. The second kappa shape index (κ2) is 5.50. The molecule has 18 heavy (non-hydrogen) atoms. The summed E-state index contributed by atoms with van der Waals surface area (Å²) in [5, 5.41) is 0.813. The highest BCUT2D eigenvalue weighted by Crippen LogP contribution is 2.41. The summed E-state index contributed by atoms with van der Waals surface area (Å²) < 4.78 is 5.54. The van der Waals surface area contributed by atoms with Crippen molar-refractivity contribution in [1.29, 1.82) is 0 Å². The Bertz CT molecular complexity index is 455. The minimum atomic E-state index is 0.121. The van der Waals surface area contributed by atoms with Gasteiger partial charge in [0.15, 0.2) is 0 Å². The first-order chi connectivity index (χ1) is 8.56. The Morgan fingerprint density at radius 1 is 1.28 bits per heavy atom. The van der Waals surface area contributed by atoms with E-state index in [1.807, 2.05) is 6.92 Å². The van der Waals surface area contributed by atoms with Gasteiger partial charge in [0, 0.05) is 11.6 Å². The van der Waals surface area contributed by atoms with Gasteiger partial charge in [0.25, 0.3) is 0 Å². The fraction of sp³-hybridized carbons (Fsp3) is 0.600. The Hall–Kier alpha value is -0.730. The summed E-state index contributed by atoms with van der Waals surface area (Å²) >= 11 is 6.52. The third-order valence-electron chi connectivity index (χ3n) is 3.84. The van der Waals surface area contributed by atoms with Crippen LogP contribution in [0.4, 0.5) is 0 Å². The van der Waals surface area contributed by atoms with E-state index in [-0.39, 0.29) is 6.04 Å². The Morgan fingerprint density at radius 2 is 1.89 bits per heavy atom. The van der Waals surface area contributed by atoms with Gasteiger partial charge in [0.1, 0.15) is 5.75 Å². The molecule has 1 atom stereocenters. The Kier molecular flexibility index (Phi) is 4.18. The smallest absolute Gasteiger partial charge is 0.141 e. The predicted octanol–water partition coefficient (Wildman–Crippen LogP) is 3.43. The maximum absolute atomic E-state index is 6.52. The van der Waals surface area contributed by atoms with Crippen molar-refractivity contribution in [1.82, 2.24) is 0 Å². The third kappa shape index (κ3) is 2.36. The van der Waals surface area contributed by atoms with Gasteiger partial charge in [0.2, 0.25) is 0 Å². The van der Waals surface area contributed by atoms with Crippen molar-refractivity contribution in [2.75, 3.05) is 7.11 Å². The van der Waals surface area contributed by atoms with Crippen molar-refractivity contribution in [3.63, 3.8) is 0 Å². The van der Waals surface area contributed by atoms with Crippen molar-refractivity contribution in [2.45, 2.75) is 52.0 Å². The molecule has 0 spiro atoms. The van der Waals surface area contributed by atoms with Gasteiger partial charge in [-0.1, -0.05) is 11.6 Å². The summed E-state index contributed by atoms with van der Waals surface area (Å²) in [7, 11) is 1.69. The van der Waals surface area contributed by atoms with E-state index >= 15 is 0 Å². The molecule has 0 aliphatic heterocycles. The molecule has 100 valence electrons. The zero-order valence-corrected chi connectivity index (χ0v) is 12.2. The van der Waals surface area contributed by atoms with Crippen LogP contribution in [-0.4, -0.2) is 13.2 Å². The highest BCUT2D eigenvalue weighted by Gasteiger charge is 2.23. The number of hydrogen-bond donors (Lipinski definition) is 1. The summed E-state index contributed by atoms with van der Waals surface area (Å²) in [5.41, 5.74) is 11.2. The van der Waals surface area contributed by atoms with Crippen LogP contribution in [0, 0.1) is 6.92 Å². The molecular formula is C15H22ClNO. The maximum Gasteiger partial charge on any atom is 0.141 e. The van der Waals surface area contributed by atoms with Crippen molar-refractivity contribution in [3.8, 4) is 5.75 Å². The van der Waals surface area contributed by atoms with Crippen molar-refractivity contribution < 1.29 is 4.74 Å². The lowest BCUT2D eigenvalue weighted by atomic mass is 9.84. The molecule has 2 nitrogen and oxygen atoms in total. The summed E-state index contributed by atoms with van der Waals surface area (Å²) in [6, 6.07) is 0.121. The van der Waals surface area contributed by atoms with E-state index in [0.29, 0.717) is 0 Å². The molecule has 1 aliphatic rings. The minimum absolute atomic E-state index is 0.121. The SMILES string of the molecule is COc1c(Cl)c2c(c(C)c1CC(C)N)CCCC2. The molecule has 1 aromatic rings. The molecule has 1 unspecified atom stereocenters. The van der Waals surface area contributed by atoms with E-state index in [9.17, 15) is 0 Å². The topological polar surface area (TPSA) is 35.2 Å². The fourth-order valence-corrected chi connectivity index (χ4v) is 3.36. The van der Waals surface area contributed by atoms with Gasteiger partial charge >= 0.3 is 0 Å². The molecule has 0 heterocycles. The molecule has 0 saturated carbocycles. The van der Waals surface area contributed by atoms with Gasteiger partial charge < -0.3 is 10.5 Å². The molecule has 0 saturated heterocycles. The molecule has 3 heteroatoms. The average molecular weight is 268 g/mol. The third-order valence-corrected chi connectivity index (χ3v) is 4.24. The van der Waals surface area contributed by atoms with Crippen LogP contribution < -0.4 is 10.5 Å². The summed E-state index contributed by atoms with van der Waals surface area (Å²) in [6.45, 7) is 4.20. The van der Waals surface area contributed by atoms with Crippen LogP contribution in [0.3, 0.4) is 0 Å². The number of rotatable bonds is 3. The van der Waals surface area contributed by atoms with Gasteiger partial charge in [-0.2, -0.15) is 0 Å². The van der Waals surface area contributed by atoms with Crippen LogP contribution in [-0.2, 0) is 19.3 Å². The molecule has 0 bridgehead atoms. The zero-order chi connectivity index (χ0) is 13.3. The van der Waals surface area contributed by atoms with E-state index < -0.39 is 0 Å². The highest BCUT2D eigenvalue weighted by atomic mass is 35.5. The summed E-state index contributed by atoms with van der Waals surface area (Å²) in [4.78, 5) is 0. The predicted molar refractivity (Wildman–Crippen MR) is 76.7 cm³/mol. The van der Waals surface area contributed by atoms with Gasteiger partial charge in [0.05, 0.1) is 12.1 Å². The van der Waals surface area contributed by atoms with E-state index in [1.54, 1.807) is 7.11 Å². The molecule has 1 aliphatic carbocycles. The molecule has 0 aromatic heterocycles. The van der Waals surface area contributed by atoms with Crippen molar-refractivity contribution in [2.24, 2.45) is 5.73 Å². The van der Waals surface area contributed by atoms with Gasteiger partial charge in [-0.25, -0.2) is 0 Å². The standard InChI is InChI=1S/C15H22ClNO/c1-9(17)8-13-10(2)11-6-4-5-7-12(11)14(16)15(13)18-3/h9H,4-8,17H2,1-3H3. The van der Waals surface area contributed by atoms with Crippen LogP contribution in [0.5, 0.6) is 5.75 Å². The Balaban J connectivity index is 2.60. The Morgan fingerprint density at radius 3 is 2.44 bits per heavy atom. The number of ether oxygens (including phenoxy) is 1. The summed E-state index contributed by atoms with van der Waals surface area (Å²) in [6.07, 6.45) is 5.51. The Labute approximate surface area is 114 Å². The lowest BCUT2D eigenvalue weighted by molar-refractivity contribution is 0.406. The fourth-order valence-electron chi connectivity index (χ4n) is 2.96. The highest BCUT2D eigenvalue weighted by molar-refractivity contribution is 6.33. The number of nitrogens with two attached hydrogens (primary N) is 1. The first-order valence-electron chi connectivity index (χ1n) is 6.68. The van der Waals surface area contributed by atoms with E-state index in [4.69, 9.17) is 22.1 Å². The van der Waals surface area contributed by atoms with Gasteiger partial charge in [-0.15, -0.1) is 0 Å². The normalized spacial score (nSPS) is 16.3. The largest absolute Gasteiger partial charge is 0.495 e. The monoisotopic (exact) mass is 267 g/mol. The van der Waals surface area contributed by atoms with Crippen molar-refractivity contribution in [3.05, 3.63) is 27.3 Å². The first-order valence-corrected chi connectivity index (χ1v) is 7.06. The van der Waals surface area contributed by atoms with Crippen LogP contribution in [0.15, 0.2) is 0 Å². The van der Waals surface area contributed by atoms with Crippen LogP contribution in [0.25, 0.3) is 0 Å². The second-order valence-corrected chi connectivity index (χ2v) is 5.67. The van der Waals surface area contributed by atoms with Crippen LogP contribution in [0.1, 0.15) is 42.0 Å². The maximum atomic E-state index is 6.52. The molecule has 0 amide bonds. The molecule has 0 radical (unpaired) electrons. The number of benzene rings is 1. The average Bonchev–Trinajstić information content (AvgIpc) is 2.36. The number of fused-ring (bicyclic) bond motifs is 1. The van der Waals surface area contributed by atoms with Crippen LogP contribution >= 0.6 is 11.6 Å². The summed E-state index contributed by atoms with van der Waals surface area (Å²) in [5.74, 6) is 0.840. The molecule has 0 fully saturated rings. The van der Waals surface area contributed by atoms with Gasteiger partial charge in [-0.05, 0) is 62.6 Å². The van der Waals surface area contributed by atoms with Gasteiger partial charge in [-0.3, -0.25) is 0 Å². The zero-order valence-electron chi connectivity index (χ0n) is 11.5. The lowest BCUT2D eigenvalue weighted by Crippen LogP contribution is -2.20. The number of halogens is 1. The number of methoxy groups -OCH3 is 1. The molecule has 1 aromatic carbocycles. The lowest BCUT2D eigenvalue weighted by Gasteiger charge is -2.25. The van der Waals surface area contributed by atoms with E-state index in [1.165, 1.54) is 35.1 Å². The van der Waals surface area contributed by atoms with E-state index in [0.717, 1.165) is 30.0 Å². The quantitative estimate of drug-likeness (QED) is 0.911. The molecule has 2 rings (SSSR count). The van der Waals surface area contributed by atoms with E-state index in [2.05, 4.69) is 6.92 Å². The first kappa shape index (κ1) is 13.7. The molecule has 2 N–H and O–H groups in total.